The molecule has 1 saturated carbocycles. The van der Waals surface area contributed by atoms with Crippen molar-refractivity contribution in [3.05, 3.63) is 63.6 Å². The van der Waals surface area contributed by atoms with Gasteiger partial charge in [0, 0.05) is 30.7 Å². The van der Waals surface area contributed by atoms with Crippen LogP contribution in [0.25, 0.3) is 0 Å². The lowest BCUT2D eigenvalue weighted by molar-refractivity contribution is 0.128. The van der Waals surface area contributed by atoms with Gasteiger partial charge in [0.2, 0.25) is 0 Å². The summed E-state index contributed by atoms with van der Waals surface area (Å²) >= 11 is 12.8. The van der Waals surface area contributed by atoms with Crippen molar-refractivity contribution in [3.8, 4) is 0 Å². The molecule has 1 saturated heterocycles. The van der Waals surface area contributed by atoms with Crippen molar-refractivity contribution in [1.82, 2.24) is 4.90 Å². The molecular weight excluding hydrogens is 375 g/mol. The molecule has 2 nitrogen and oxygen atoms in total. The second-order valence-corrected chi connectivity index (χ2v) is 8.85. The van der Waals surface area contributed by atoms with Crippen molar-refractivity contribution in [2.75, 3.05) is 24.5 Å². The number of nitrogens with zero attached hydrogens (tertiary/aromatic N) is 2. The van der Waals surface area contributed by atoms with E-state index in [1.807, 2.05) is 12.1 Å². The van der Waals surface area contributed by atoms with Crippen molar-refractivity contribution < 1.29 is 0 Å². The molecule has 4 heteroatoms. The van der Waals surface area contributed by atoms with Crippen molar-refractivity contribution in [3.63, 3.8) is 0 Å². The SMILES string of the molecule is Cc1ccc(N2CCN(C3CCCCC3)CC2c2ccc(Cl)cc2)c(Cl)c1. The summed E-state index contributed by atoms with van der Waals surface area (Å²) < 4.78 is 0. The molecule has 2 fully saturated rings. The molecule has 2 aromatic rings. The van der Waals surface area contributed by atoms with Gasteiger partial charge < -0.3 is 4.90 Å². The summed E-state index contributed by atoms with van der Waals surface area (Å²) in [5, 5.41) is 1.64. The van der Waals surface area contributed by atoms with E-state index in [1.165, 1.54) is 43.2 Å². The van der Waals surface area contributed by atoms with Crippen LogP contribution < -0.4 is 4.90 Å². The van der Waals surface area contributed by atoms with Crippen LogP contribution in [0, 0.1) is 6.92 Å². The Morgan fingerprint density at radius 2 is 1.63 bits per heavy atom. The van der Waals surface area contributed by atoms with Gasteiger partial charge in [-0.25, -0.2) is 0 Å². The quantitative estimate of drug-likeness (QED) is 0.577. The van der Waals surface area contributed by atoms with E-state index in [0.717, 1.165) is 41.4 Å². The summed E-state index contributed by atoms with van der Waals surface area (Å²) in [4.78, 5) is 5.21. The van der Waals surface area contributed by atoms with Gasteiger partial charge in [0.1, 0.15) is 0 Å². The molecule has 27 heavy (non-hydrogen) atoms. The van der Waals surface area contributed by atoms with Crippen LogP contribution in [-0.4, -0.2) is 30.6 Å². The zero-order valence-corrected chi connectivity index (χ0v) is 17.5. The van der Waals surface area contributed by atoms with E-state index in [-0.39, 0.29) is 0 Å². The molecule has 0 bridgehead atoms. The van der Waals surface area contributed by atoms with Gasteiger partial charge in [-0.2, -0.15) is 0 Å². The maximum Gasteiger partial charge on any atom is 0.0670 e. The lowest BCUT2D eigenvalue weighted by atomic mass is 9.92. The summed E-state index contributed by atoms with van der Waals surface area (Å²) in [5.74, 6) is 0. The van der Waals surface area contributed by atoms with E-state index in [9.17, 15) is 0 Å². The minimum Gasteiger partial charge on any atom is -0.361 e. The Hall–Kier alpha value is -1.22. The van der Waals surface area contributed by atoms with Gasteiger partial charge in [-0.15, -0.1) is 0 Å². The van der Waals surface area contributed by atoms with Crippen molar-refractivity contribution in [1.29, 1.82) is 0 Å². The van der Waals surface area contributed by atoms with E-state index in [0.29, 0.717) is 6.04 Å². The molecular formula is C23H28Cl2N2. The Labute approximate surface area is 173 Å². The van der Waals surface area contributed by atoms with Crippen LogP contribution in [0.15, 0.2) is 42.5 Å². The van der Waals surface area contributed by atoms with Crippen molar-refractivity contribution in [2.45, 2.75) is 51.1 Å². The van der Waals surface area contributed by atoms with Crippen LogP contribution in [0.5, 0.6) is 0 Å². The number of aryl methyl sites for hydroxylation is 1. The average Bonchev–Trinajstić information content (AvgIpc) is 2.69. The molecule has 1 heterocycles. The Kier molecular flexibility index (Phi) is 5.96. The number of halogens is 2. The fourth-order valence-electron chi connectivity index (χ4n) is 4.69. The molecule has 1 aliphatic carbocycles. The molecule has 144 valence electrons. The number of piperazine rings is 1. The smallest absolute Gasteiger partial charge is 0.0670 e. The fourth-order valence-corrected chi connectivity index (χ4v) is 5.15. The first kappa shape index (κ1) is 19.1. The van der Waals surface area contributed by atoms with E-state index in [4.69, 9.17) is 23.2 Å². The highest BCUT2D eigenvalue weighted by atomic mass is 35.5. The second kappa shape index (κ2) is 8.43. The minimum absolute atomic E-state index is 0.304. The van der Waals surface area contributed by atoms with Gasteiger partial charge in [-0.3, -0.25) is 4.90 Å². The Bertz CT molecular complexity index is 768. The number of hydrogen-bond donors (Lipinski definition) is 0. The first-order valence-corrected chi connectivity index (χ1v) is 10.9. The third-order valence-corrected chi connectivity index (χ3v) is 6.72. The largest absolute Gasteiger partial charge is 0.361 e. The van der Waals surface area contributed by atoms with Gasteiger partial charge in [-0.05, 0) is 55.2 Å². The molecule has 1 atom stereocenters. The lowest BCUT2D eigenvalue weighted by Crippen LogP contribution is -2.52. The summed E-state index contributed by atoms with van der Waals surface area (Å²) in [6, 6.07) is 15.8. The monoisotopic (exact) mass is 402 g/mol. The predicted octanol–water partition coefficient (Wildman–Crippen LogP) is 6.50. The van der Waals surface area contributed by atoms with Gasteiger partial charge >= 0.3 is 0 Å². The van der Waals surface area contributed by atoms with Crippen LogP contribution in [0.3, 0.4) is 0 Å². The van der Waals surface area contributed by atoms with Crippen molar-refractivity contribution >= 4 is 28.9 Å². The molecule has 0 radical (unpaired) electrons. The van der Waals surface area contributed by atoms with Crippen LogP contribution >= 0.6 is 23.2 Å². The highest BCUT2D eigenvalue weighted by Crippen LogP contribution is 2.37. The Morgan fingerprint density at radius 1 is 0.889 bits per heavy atom. The molecule has 4 rings (SSSR count). The molecule has 0 spiro atoms. The predicted molar refractivity (Wildman–Crippen MR) is 116 cm³/mol. The fraction of sp³-hybridized carbons (Fsp3) is 0.478. The van der Waals surface area contributed by atoms with Gasteiger partial charge in [0.15, 0.2) is 0 Å². The zero-order chi connectivity index (χ0) is 18.8. The van der Waals surface area contributed by atoms with E-state index in [1.54, 1.807) is 0 Å². The summed E-state index contributed by atoms with van der Waals surface area (Å²) in [5.41, 5.74) is 3.66. The van der Waals surface area contributed by atoms with Gasteiger partial charge in [0.05, 0.1) is 16.8 Å². The molecule has 0 aromatic heterocycles. The zero-order valence-electron chi connectivity index (χ0n) is 16.0. The van der Waals surface area contributed by atoms with E-state index in [2.05, 4.69) is 47.1 Å². The number of rotatable bonds is 3. The topological polar surface area (TPSA) is 6.48 Å². The lowest BCUT2D eigenvalue weighted by Gasteiger charge is -2.47. The standard InChI is InChI=1S/C23H28Cl2N2/c1-17-7-12-22(21(25)15-17)27-14-13-26(20-5-3-2-4-6-20)16-23(27)18-8-10-19(24)11-9-18/h7-12,15,20,23H,2-6,13-14,16H2,1H3. The highest BCUT2D eigenvalue weighted by molar-refractivity contribution is 6.33. The summed E-state index contributed by atoms with van der Waals surface area (Å²) in [6.07, 6.45) is 6.84. The van der Waals surface area contributed by atoms with E-state index >= 15 is 0 Å². The van der Waals surface area contributed by atoms with Crippen molar-refractivity contribution in [2.24, 2.45) is 0 Å². The van der Waals surface area contributed by atoms with Crippen LogP contribution in [0.4, 0.5) is 5.69 Å². The van der Waals surface area contributed by atoms with Crippen LogP contribution in [0.2, 0.25) is 10.0 Å². The minimum atomic E-state index is 0.304. The second-order valence-electron chi connectivity index (χ2n) is 8.00. The molecule has 2 aromatic carbocycles. The molecule has 0 amide bonds. The Balaban J connectivity index is 1.64. The number of benzene rings is 2. The normalized spacial score (nSPS) is 22.2. The third kappa shape index (κ3) is 4.29. The first-order chi connectivity index (χ1) is 13.1. The first-order valence-electron chi connectivity index (χ1n) is 10.1. The summed E-state index contributed by atoms with van der Waals surface area (Å²) in [6.45, 7) is 5.26. The molecule has 1 unspecified atom stereocenters. The Morgan fingerprint density at radius 3 is 2.33 bits per heavy atom. The van der Waals surface area contributed by atoms with Gasteiger partial charge in [0.25, 0.3) is 0 Å². The third-order valence-electron chi connectivity index (χ3n) is 6.17. The van der Waals surface area contributed by atoms with Gasteiger partial charge in [-0.1, -0.05) is 60.7 Å². The molecule has 2 aliphatic rings. The highest BCUT2D eigenvalue weighted by Gasteiger charge is 2.33. The van der Waals surface area contributed by atoms with E-state index < -0.39 is 0 Å². The van der Waals surface area contributed by atoms with Crippen LogP contribution in [-0.2, 0) is 0 Å². The maximum absolute atomic E-state index is 6.65. The van der Waals surface area contributed by atoms with Crippen LogP contribution in [0.1, 0.15) is 49.3 Å². The summed E-state index contributed by atoms with van der Waals surface area (Å²) in [7, 11) is 0. The average molecular weight is 403 g/mol. The molecule has 0 N–H and O–H groups in total. The maximum atomic E-state index is 6.65. The number of anilines is 1. The number of hydrogen-bond acceptors (Lipinski definition) is 2. The molecule has 1 aliphatic heterocycles.